The van der Waals surface area contributed by atoms with Crippen LogP contribution >= 0.6 is 11.6 Å². The fourth-order valence-corrected chi connectivity index (χ4v) is 3.05. The third-order valence-electron chi connectivity index (χ3n) is 4.35. The van der Waals surface area contributed by atoms with Gasteiger partial charge >= 0.3 is 0 Å². The number of benzene rings is 1. The summed E-state index contributed by atoms with van der Waals surface area (Å²) in [5, 5.41) is 4.54. The summed E-state index contributed by atoms with van der Waals surface area (Å²) in [6, 6.07) is 9.69. The molecule has 3 rings (SSSR count). The molecule has 0 N–H and O–H groups in total. The number of halogens is 1. The first kappa shape index (κ1) is 14.1. The molecule has 1 aliphatic heterocycles. The van der Waals surface area contributed by atoms with Gasteiger partial charge in [-0.15, -0.1) is 0 Å². The Balaban J connectivity index is 2.04. The topological polar surface area (TPSA) is 38.1 Å². The summed E-state index contributed by atoms with van der Waals surface area (Å²) in [6.45, 7) is 5.30. The Morgan fingerprint density at radius 1 is 1.24 bits per heavy atom. The van der Waals surface area contributed by atoms with E-state index in [-0.39, 0.29) is 10.6 Å². The summed E-state index contributed by atoms with van der Waals surface area (Å²) in [7, 11) is 0. The molecule has 0 aliphatic carbocycles. The molecule has 1 aromatic heterocycles. The lowest BCUT2D eigenvalue weighted by Crippen LogP contribution is -2.32. The molecule has 2 heterocycles. The fraction of sp³-hybridized carbons (Fsp3) is 0.375. The van der Waals surface area contributed by atoms with Gasteiger partial charge in [0.25, 0.3) is 5.56 Å². The van der Waals surface area contributed by atoms with Crippen molar-refractivity contribution >= 4 is 17.3 Å². The molecule has 5 heteroatoms. The summed E-state index contributed by atoms with van der Waals surface area (Å²) in [5.74, 6) is 0.595. The highest BCUT2D eigenvalue weighted by Gasteiger charge is 2.29. The number of anilines is 1. The minimum Gasteiger partial charge on any atom is -0.366 e. The van der Waals surface area contributed by atoms with Crippen LogP contribution in [0.25, 0.3) is 5.69 Å². The Kier molecular flexibility index (Phi) is 3.72. The lowest BCUT2D eigenvalue weighted by Gasteiger charge is -2.26. The van der Waals surface area contributed by atoms with Gasteiger partial charge in [-0.3, -0.25) is 4.79 Å². The van der Waals surface area contributed by atoms with Gasteiger partial charge in [-0.2, -0.15) is 9.78 Å². The van der Waals surface area contributed by atoms with E-state index < -0.39 is 0 Å². The Morgan fingerprint density at radius 2 is 1.95 bits per heavy atom. The van der Waals surface area contributed by atoms with Gasteiger partial charge in [0.05, 0.1) is 17.6 Å². The lowest BCUT2D eigenvalue weighted by molar-refractivity contribution is 0.545. The molecule has 1 aliphatic rings. The zero-order valence-corrected chi connectivity index (χ0v) is 12.9. The van der Waals surface area contributed by atoms with Crippen LogP contribution in [0.2, 0.25) is 5.02 Å². The van der Waals surface area contributed by atoms with Gasteiger partial charge in [-0.25, -0.2) is 0 Å². The minimum absolute atomic E-state index is 0.245. The monoisotopic (exact) mass is 303 g/mol. The smallest absolute Gasteiger partial charge is 0.292 e. The maximum Gasteiger partial charge on any atom is 0.292 e. The van der Waals surface area contributed by atoms with E-state index in [0.29, 0.717) is 12.0 Å². The highest BCUT2D eigenvalue weighted by Crippen LogP contribution is 2.32. The maximum atomic E-state index is 12.5. The number of hydrogen-bond acceptors (Lipinski definition) is 3. The average Bonchev–Trinajstić information content (AvgIpc) is 2.83. The summed E-state index contributed by atoms with van der Waals surface area (Å²) in [5.41, 5.74) is 1.19. The van der Waals surface area contributed by atoms with Crippen LogP contribution < -0.4 is 10.5 Å². The van der Waals surface area contributed by atoms with Gasteiger partial charge in [0.15, 0.2) is 0 Å². The van der Waals surface area contributed by atoms with Crippen molar-refractivity contribution in [3.8, 4) is 5.69 Å². The van der Waals surface area contributed by atoms with Crippen molar-refractivity contribution in [3.05, 3.63) is 51.9 Å². The standard InChI is InChI=1S/C16H18ClN3O/c1-11-8-9-19(12(11)2)14-10-18-20(16(21)15(14)17)13-6-4-3-5-7-13/h3-7,10-12H,8-9H2,1-2H3. The van der Waals surface area contributed by atoms with Crippen molar-refractivity contribution in [2.24, 2.45) is 5.92 Å². The highest BCUT2D eigenvalue weighted by atomic mass is 35.5. The quantitative estimate of drug-likeness (QED) is 0.855. The van der Waals surface area contributed by atoms with Crippen LogP contribution in [0.15, 0.2) is 41.3 Å². The van der Waals surface area contributed by atoms with Gasteiger partial charge in [0.1, 0.15) is 5.02 Å². The van der Waals surface area contributed by atoms with Crippen LogP contribution in [0.5, 0.6) is 0 Å². The number of para-hydroxylation sites is 1. The van der Waals surface area contributed by atoms with Gasteiger partial charge in [-0.05, 0) is 31.4 Å². The van der Waals surface area contributed by atoms with E-state index in [2.05, 4.69) is 23.8 Å². The third-order valence-corrected chi connectivity index (χ3v) is 4.71. The largest absolute Gasteiger partial charge is 0.366 e. The average molecular weight is 304 g/mol. The van der Waals surface area contributed by atoms with Crippen molar-refractivity contribution in [1.29, 1.82) is 0 Å². The van der Waals surface area contributed by atoms with Gasteiger partial charge in [0, 0.05) is 12.6 Å². The van der Waals surface area contributed by atoms with Crippen molar-refractivity contribution in [3.63, 3.8) is 0 Å². The summed E-state index contributed by atoms with van der Waals surface area (Å²) < 4.78 is 1.34. The molecular formula is C16H18ClN3O. The zero-order valence-electron chi connectivity index (χ0n) is 12.2. The maximum absolute atomic E-state index is 12.5. The molecule has 21 heavy (non-hydrogen) atoms. The van der Waals surface area contributed by atoms with Crippen LogP contribution in [0.4, 0.5) is 5.69 Å². The highest BCUT2D eigenvalue weighted by molar-refractivity contribution is 6.33. The Hall–Kier alpha value is -1.81. The van der Waals surface area contributed by atoms with Gasteiger partial charge < -0.3 is 4.90 Å². The van der Waals surface area contributed by atoms with Gasteiger partial charge in [0.2, 0.25) is 0 Å². The molecule has 0 radical (unpaired) electrons. The second kappa shape index (κ2) is 5.53. The van der Waals surface area contributed by atoms with E-state index in [4.69, 9.17) is 11.6 Å². The third kappa shape index (κ3) is 2.44. The summed E-state index contributed by atoms with van der Waals surface area (Å²) in [4.78, 5) is 14.7. The lowest BCUT2D eigenvalue weighted by atomic mass is 10.1. The second-order valence-corrected chi connectivity index (χ2v) is 5.97. The van der Waals surface area contributed by atoms with Crippen LogP contribution in [0, 0.1) is 5.92 Å². The van der Waals surface area contributed by atoms with E-state index in [0.717, 1.165) is 24.3 Å². The van der Waals surface area contributed by atoms with E-state index in [1.165, 1.54) is 4.68 Å². The first-order chi connectivity index (χ1) is 10.1. The molecule has 2 unspecified atom stereocenters. The molecule has 1 aromatic carbocycles. The fourth-order valence-electron chi connectivity index (χ4n) is 2.81. The van der Waals surface area contributed by atoms with Crippen LogP contribution in [0.1, 0.15) is 20.3 Å². The molecule has 110 valence electrons. The van der Waals surface area contributed by atoms with Crippen LogP contribution in [-0.4, -0.2) is 22.4 Å². The first-order valence-electron chi connectivity index (χ1n) is 7.19. The molecule has 0 amide bonds. The van der Waals surface area contributed by atoms with Crippen LogP contribution in [0.3, 0.4) is 0 Å². The molecule has 4 nitrogen and oxygen atoms in total. The zero-order chi connectivity index (χ0) is 15.0. The minimum atomic E-state index is -0.271. The molecule has 2 aromatic rings. The van der Waals surface area contributed by atoms with Crippen molar-refractivity contribution in [2.75, 3.05) is 11.4 Å². The number of nitrogens with zero attached hydrogens (tertiary/aromatic N) is 3. The SMILES string of the molecule is CC1CCN(c2cnn(-c3ccccc3)c(=O)c2Cl)C1C. The van der Waals surface area contributed by atoms with Crippen molar-refractivity contribution in [2.45, 2.75) is 26.3 Å². The van der Waals surface area contributed by atoms with E-state index in [1.807, 2.05) is 30.3 Å². The number of hydrogen-bond donors (Lipinski definition) is 0. The number of rotatable bonds is 2. The van der Waals surface area contributed by atoms with Gasteiger partial charge in [-0.1, -0.05) is 36.7 Å². The molecule has 0 bridgehead atoms. The predicted octanol–water partition coefficient (Wildman–Crippen LogP) is 3.12. The van der Waals surface area contributed by atoms with Crippen LogP contribution in [-0.2, 0) is 0 Å². The first-order valence-corrected chi connectivity index (χ1v) is 7.57. The van der Waals surface area contributed by atoms with E-state index in [1.54, 1.807) is 6.20 Å². The second-order valence-electron chi connectivity index (χ2n) is 5.60. The van der Waals surface area contributed by atoms with E-state index in [9.17, 15) is 4.79 Å². The number of aromatic nitrogens is 2. The molecular weight excluding hydrogens is 286 g/mol. The normalized spacial score (nSPS) is 21.8. The molecule has 1 fully saturated rings. The Morgan fingerprint density at radius 3 is 2.57 bits per heavy atom. The Labute approximate surface area is 129 Å². The molecule has 2 atom stereocenters. The van der Waals surface area contributed by atoms with Crippen molar-refractivity contribution < 1.29 is 0 Å². The Bertz CT molecular complexity index is 698. The predicted molar refractivity (Wildman–Crippen MR) is 85.4 cm³/mol. The molecule has 0 spiro atoms. The molecule has 0 saturated carbocycles. The summed E-state index contributed by atoms with van der Waals surface area (Å²) in [6.07, 6.45) is 2.81. The molecule has 1 saturated heterocycles. The van der Waals surface area contributed by atoms with Crippen molar-refractivity contribution in [1.82, 2.24) is 9.78 Å². The van der Waals surface area contributed by atoms with E-state index >= 15 is 0 Å². The summed E-state index contributed by atoms with van der Waals surface area (Å²) >= 11 is 6.33.